The second-order valence-electron chi connectivity index (χ2n) is 4.78. The topological polar surface area (TPSA) is 35.2 Å². The van der Waals surface area contributed by atoms with E-state index in [1.165, 1.54) is 10.5 Å². The molecular weight excluding hydrogens is 218 g/mol. The first-order chi connectivity index (χ1) is 7.40. The third-order valence-electron chi connectivity index (χ3n) is 2.20. The fourth-order valence-corrected chi connectivity index (χ4v) is 2.18. The molecular formula is C13H21NOS. The van der Waals surface area contributed by atoms with Gasteiger partial charge in [0, 0.05) is 16.3 Å². The Hall–Kier alpha value is -0.670. The van der Waals surface area contributed by atoms with Crippen molar-refractivity contribution in [3.05, 3.63) is 23.8 Å². The summed E-state index contributed by atoms with van der Waals surface area (Å²) in [6.45, 7) is 9.04. The van der Waals surface area contributed by atoms with Crippen LogP contribution < -0.4 is 5.73 Å². The van der Waals surface area contributed by atoms with E-state index in [9.17, 15) is 0 Å². The molecule has 0 aliphatic heterocycles. The third-order valence-corrected chi connectivity index (χ3v) is 3.33. The van der Waals surface area contributed by atoms with E-state index in [-0.39, 0.29) is 5.60 Å². The molecule has 2 nitrogen and oxygen atoms in total. The summed E-state index contributed by atoms with van der Waals surface area (Å²) in [5, 5.41) is 0. The van der Waals surface area contributed by atoms with Crippen LogP contribution in [0.15, 0.2) is 23.1 Å². The first-order valence-corrected chi connectivity index (χ1v) is 6.50. The molecule has 1 aromatic rings. The molecule has 0 saturated carbocycles. The summed E-state index contributed by atoms with van der Waals surface area (Å²) < 4.78 is 5.67. The van der Waals surface area contributed by atoms with Gasteiger partial charge in [-0.25, -0.2) is 0 Å². The molecule has 0 fully saturated rings. The third kappa shape index (κ3) is 4.45. The number of thioether (sulfide) groups is 1. The van der Waals surface area contributed by atoms with Crippen LogP contribution in [-0.4, -0.2) is 18.0 Å². The Morgan fingerprint density at radius 3 is 2.62 bits per heavy atom. The maximum absolute atomic E-state index is 5.85. The number of anilines is 1. The number of ether oxygens (including phenoxy) is 1. The predicted octanol–water partition coefficient (Wildman–Crippen LogP) is 3.48. The molecule has 1 aromatic carbocycles. The molecule has 0 spiro atoms. The molecule has 0 atom stereocenters. The van der Waals surface area contributed by atoms with Crippen molar-refractivity contribution in [1.82, 2.24) is 0 Å². The molecule has 0 radical (unpaired) electrons. The molecule has 0 aromatic heterocycles. The van der Waals surface area contributed by atoms with Crippen molar-refractivity contribution in [3.63, 3.8) is 0 Å². The van der Waals surface area contributed by atoms with E-state index in [1.807, 2.05) is 12.1 Å². The molecule has 3 heteroatoms. The van der Waals surface area contributed by atoms with Crippen LogP contribution in [0.3, 0.4) is 0 Å². The lowest BCUT2D eigenvalue weighted by atomic mass is 10.2. The standard InChI is InChI=1S/C13H21NOS/c1-10-11(14)6-5-7-12(10)16-9-8-15-13(2,3)4/h5-7H,8-9,14H2,1-4H3. The zero-order valence-corrected chi connectivity index (χ0v) is 11.4. The minimum atomic E-state index is -0.0503. The van der Waals surface area contributed by atoms with Crippen LogP contribution in [0, 0.1) is 6.92 Å². The number of rotatable bonds is 4. The van der Waals surface area contributed by atoms with Gasteiger partial charge in [0.1, 0.15) is 0 Å². The number of nitrogens with two attached hydrogens (primary N) is 1. The van der Waals surface area contributed by atoms with Gasteiger partial charge in [0.2, 0.25) is 0 Å². The van der Waals surface area contributed by atoms with E-state index in [1.54, 1.807) is 11.8 Å². The fraction of sp³-hybridized carbons (Fsp3) is 0.538. The maximum Gasteiger partial charge on any atom is 0.0598 e. The van der Waals surface area contributed by atoms with Crippen molar-refractivity contribution in [2.24, 2.45) is 0 Å². The van der Waals surface area contributed by atoms with Crippen molar-refractivity contribution < 1.29 is 4.74 Å². The molecule has 2 N–H and O–H groups in total. The van der Waals surface area contributed by atoms with Gasteiger partial charge in [0.15, 0.2) is 0 Å². The van der Waals surface area contributed by atoms with Crippen molar-refractivity contribution in [1.29, 1.82) is 0 Å². The van der Waals surface area contributed by atoms with Crippen molar-refractivity contribution in [2.45, 2.75) is 38.2 Å². The number of benzene rings is 1. The van der Waals surface area contributed by atoms with E-state index in [4.69, 9.17) is 10.5 Å². The van der Waals surface area contributed by atoms with E-state index >= 15 is 0 Å². The summed E-state index contributed by atoms with van der Waals surface area (Å²) in [6, 6.07) is 6.04. The summed E-state index contributed by atoms with van der Waals surface area (Å²) in [7, 11) is 0. The quantitative estimate of drug-likeness (QED) is 0.496. The van der Waals surface area contributed by atoms with Crippen LogP contribution in [0.4, 0.5) is 5.69 Å². The van der Waals surface area contributed by atoms with E-state index in [2.05, 4.69) is 33.8 Å². The highest BCUT2D eigenvalue weighted by Crippen LogP contribution is 2.26. The Morgan fingerprint density at radius 1 is 1.31 bits per heavy atom. The van der Waals surface area contributed by atoms with Gasteiger partial charge in [-0.3, -0.25) is 0 Å². The monoisotopic (exact) mass is 239 g/mol. The van der Waals surface area contributed by atoms with Gasteiger partial charge in [-0.1, -0.05) is 6.07 Å². The minimum Gasteiger partial charge on any atom is -0.398 e. The lowest BCUT2D eigenvalue weighted by molar-refractivity contribution is 0.00695. The first kappa shape index (κ1) is 13.4. The molecule has 0 unspecified atom stereocenters. The maximum atomic E-state index is 5.85. The summed E-state index contributed by atoms with van der Waals surface area (Å²) in [4.78, 5) is 1.25. The smallest absolute Gasteiger partial charge is 0.0598 e. The van der Waals surface area contributed by atoms with Crippen LogP contribution in [0.25, 0.3) is 0 Å². The van der Waals surface area contributed by atoms with Crippen LogP contribution >= 0.6 is 11.8 Å². The van der Waals surface area contributed by atoms with Crippen LogP contribution in [0.5, 0.6) is 0 Å². The molecule has 90 valence electrons. The van der Waals surface area contributed by atoms with E-state index in [0.717, 1.165) is 18.0 Å². The molecule has 0 aliphatic rings. The van der Waals surface area contributed by atoms with E-state index in [0.29, 0.717) is 0 Å². The normalized spacial score (nSPS) is 11.8. The molecule has 0 bridgehead atoms. The molecule has 0 amide bonds. The molecule has 16 heavy (non-hydrogen) atoms. The second-order valence-corrected chi connectivity index (χ2v) is 5.92. The minimum absolute atomic E-state index is 0.0503. The Kier molecular flexibility index (Phi) is 4.69. The molecule has 0 aliphatic carbocycles. The van der Waals surface area contributed by atoms with Gasteiger partial charge < -0.3 is 10.5 Å². The summed E-state index contributed by atoms with van der Waals surface area (Å²) in [5.74, 6) is 0.960. The lowest BCUT2D eigenvalue weighted by Gasteiger charge is -2.19. The number of nitrogen functional groups attached to an aromatic ring is 1. The van der Waals surface area contributed by atoms with Crippen molar-refractivity contribution >= 4 is 17.4 Å². The Balaban J connectivity index is 2.41. The van der Waals surface area contributed by atoms with Crippen molar-refractivity contribution in [2.75, 3.05) is 18.1 Å². The van der Waals surface area contributed by atoms with Gasteiger partial charge in [0.05, 0.1) is 12.2 Å². The molecule has 0 heterocycles. The molecule has 1 rings (SSSR count). The summed E-state index contributed by atoms with van der Waals surface area (Å²) in [6.07, 6.45) is 0. The first-order valence-electron chi connectivity index (χ1n) is 5.52. The number of hydrogen-bond acceptors (Lipinski definition) is 3. The second kappa shape index (κ2) is 5.60. The Bertz CT molecular complexity index is 344. The molecule has 0 saturated heterocycles. The van der Waals surface area contributed by atoms with Gasteiger partial charge in [-0.05, 0) is 45.4 Å². The summed E-state index contributed by atoms with van der Waals surface area (Å²) >= 11 is 1.80. The summed E-state index contributed by atoms with van der Waals surface area (Å²) in [5.41, 5.74) is 7.83. The Morgan fingerprint density at radius 2 is 2.00 bits per heavy atom. The fourth-order valence-electron chi connectivity index (χ4n) is 1.29. The zero-order valence-electron chi connectivity index (χ0n) is 10.5. The average Bonchev–Trinajstić information content (AvgIpc) is 2.17. The van der Waals surface area contributed by atoms with Gasteiger partial charge in [0.25, 0.3) is 0 Å². The van der Waals surface area contributed by atoms with Crippen molar-refractivity contribution in [3.8, 4) is 0 Å². The van der Waals surface area contributed by atoms with E-state index < -0.39 is 0 Å². The van der Waals surface area contributed by atoms with Crippen LogP contribution in [0.1, 0.15) is 26.3 Å². The van der Waals surface area contributed by atoms with Crippen LogP contribution in [0.2, 0.25) is 0 Å². The predicted molar refractivity (Wildman–Crippen MR) is 72.0 cm³/mol. The number of hydrogen-bond donors (Lipinski definition) is 1. The van der Waals surface area contributed by atoms with Gasteiger partial charge in [-0.2, -0.15) is 0 Å². The Labute approximate surface area is 103 Å². The highest BCUT2D eigenvalue weighted by Gasteiger charge is 2.09. The SMILES string of the molecule is Cc1c(N)cccc1SCCOC(C)(C)C. The average molecular weight is 239 g/mol. The highest BCUT2D eigenvalue weighted by atomic mass is 32.2. The van der Waals surface area contributed by atoms with Gasteiger partial charge in [-0.15, -0.1) is 11.8 Å². The zero-order chi connectivity index (χ0) is 12.2. The highest BCUT2D eigenvalue weighted by molar-refractivity contribution is 7.99. The lowest BCUT2D eigenvalue weighted by Crippen LogP contribution is -2.20. The van der Waals surface area contributed by atoms with Crippen LogP contribution in [-0.2, 0) is 4.74 Å². The largest absolute Gasteiger partial charge is 0.398 e. The van der Waals surface area contributed by atoms with Gasteiger partial charge >= 0.3 is 0 Å².